The van der Waals surface area contributed by atoms with Crippen molar-refractivity contribution in [2.45, 2.75) is 0 Å². The molecule has 0 bridgehead atoms. The van der Waals surface area contributed by atoms with E-state index in [0.717, 1.165) is 0 Å². The van der Waals surface area contributed by atoms with Gasteiger partial charge in [0.25, 0.3) is 0 Å². The fraction of sp³-hybridized carbons (Fsp3) is 0. The summed E-state index contributed by atoms with van der Waals surface area (Å²) in [4.78, 5) is 0. The Kier molecular flexibility index (Phi) is 5.47. The van der Waals surface area contributed by atoms with Crippen molar-refractivity contribution < 1.29 is 41.3 Å². The predicted molar refractivity (Wildman–Crippen MR) is 34.6 cm³/mol. The van der Waals surface area contributed by atoms with Gasteiger partial charge in [0.05, 0.1) is 0 Å². The van der Waals surface area contributed by atoms with Gasteiger partial charge in [-0.2, -0.15) is 39.6 Å². The average Bonchev–Trinajstić information content (AvgIpc) is 1.69. The van der Waals surface area contributed by atoms with Crippen LogP contribution < -0.4 is 5.30 Å². The maximum atomic E-state index is 2.94. The Morgan fingerprint density at radius 1 is 1.50 bits per heavy atom. The van der Waals surface area contributed by atoms with Gasteiger partial charge in [-0.1, -0.05) is 0 Å². The molecule has 0 nitrogen and oxygen atoms in total. The molecule has 1 atom stereocenters. The van der Waals surface area contributed by atoms with Crippen LogP contribution in [-0.2, 0) is 0 Å². The molecule has 0 fully saturated rings. The van der Waals surface area contributed by atoms with Crippen molar-refractivity contribution >= 4 is 14.5 Å². The minimum Gasteiger partial charge on any atom is -0.183 e. The Hall–Kier alpha value is 1.01. The third-order valence-electron chi connectivity index (χ3n) is 0.731. The molecule has 0 N–H and O–H groups in total. The summed E-state index contributed by atoms with van der Waals surface area (Å²) in [6.07, 6.45) is 0. The molecular formula is C6H6PPr-. The molecule has 39 valence electrons. The molecule has 0 aliphatic carbocycles. The van der Waals surface area contributed by atoms with Crippen LogP contribution in [-0.4, -0.2) is 0 Å². The van der Waals surface area contributed by atoms with E-state index < -0.39 is 0 Å². The van der Waals surface area contributed by atoms with Gasteiger partial charge in [0.2, 0.25) is 0 Å². The van der Waals surface area contributed by atoms with E-state index in [1.807, 2.05) is 24.3 Å². The Balaban J connectivity index is 0.000000490. The van der Waals surface area contributed by atoms with Crippen LogP contribution >= 0.6 is 9.24 Å². The monoisotopic (exact) mass is 250 g/mol. The zero-order valence-corrected chi connectivity index (χ0v) is 9.32. The maximum absolute atomic E-state index is 2.94. The summed E-state index contributed by atoms with van der Waals surface area (Å²) >= 11 is 0. The second-order valence-corrected chi connectivity index (χ2v) is 2.00. The summed E-state index contributed by atoms with van der Waals surface area (Å²) < 4.78 is 0. The number of hydrogen-bond donors (Lipinski definition) is 0. The zero-order valence-electron chi connectivity index (χ0n) is 4.46. The molecule has 1 aromatic rings. The van der Waals surface area contributed by atoms with Gasteiger partial charge in [-0.05, 0) is 0 Å². The molecule has 0 amide bonds. The molecule has 0 aliphatic heterocycles. The van der Waals surface area contributed by atoms with Gasteiger partial charge in [-0.3, -0.25) is 0 Å². The first kappa shape index (κ1) is 9.01. The van der Waals surface area contributed by atoms with Crippen LogP contribution in [0.15, 0.2) is 24.3 Å². The Bertz CT molecular complexity index is 138. The van der Waals surface area contributed by atoms with Gasteiger partial charge < -0.3 is 0 Å². The first-order valence-electron chi connectivity index (χ1n) is 2.11. The smallest absolute Gasteiger partial charge is 0 e. The minimum atomic E-state index is 0. The normalized spacial score (nSPS) is 7.62. The van der Waals surface area contributed by atoms with Crippen molar-refractivity contribution in [3.05, 3.63) is 30.3 Å². The Morgan fingerprint density at radius 2 is 2.25 bits per heavy atom. The summed E-state index contributed by atoms with van der Waals surface area (Å²) in [5.41, 5.74) is 0. The van der Waals surface area contributed by atoms with Crippen LogP contribution in [0.2, 0.25) is 0 Å². The number of hydrogen-bond acceptors (Lipinski definition) is 0. The van der Waals surface area contributed by atoms with E-state index in [1.54, 1.807) is 0 Å². The van der Waals surface area contributed by atoms with E-state index in [0.29, 0.717) is 0 Å². The van der Waals surface area contributed by atoms with Gasteiger partial charge in [0.1, 0.15) is 0 Å². The van der Waals surface area contributed by atoms with E-state index in [1.165, 1.54) is 5.30 Å². The number of rotatable bonds is 0. The first-order valence-corrected chi connectivity index (χ1v) is 2.69. The van der Waals surface area contributed by atoms with Crippen molar-refractivity contribution in [1.29, 1.82) is 0 Å². The zero-order chi connectivity index (χ0) is 5.11. The number of benzene rings is 1. The summed E-state index contributed by atoms with van der Waals surface area (Å²) in [6.45, 7) is 0. The molecule has 0 saturated heterocycles. The second-order valence-electron chi connectivity index (χ2n) is 1.34. The molecule has 8 heavy (non-hydrogen) atoms. The molecule has 0 heterocycles. The second kappa shape index (κ2) is 4.85. The minimum absolute atomic E-state index is 0. The Morgan fingerprint density at radius 3 is 2.50 bits per heavy atom. The molecule has 0 spiro atoms. The molecule has 1 radical (unpaired) electrons. The Labute approximate surface area is 85.2 Å². The van der Waals surface area contributed by atoms with Gasteiger partial charge in [-0.15, -0.1) is 5.30 Å². The van der Waals surface area contributed by atoms with Gasteiger partial charge in [0, 0.05) is 41.3 Å². The molecule has 1 aromatic carbocycles. The van der Waals surface area contributed by atoms with Crippen LogP contribution in [0.25, 0.3) is 0 Å². The van der Waals surface area contributed by atoms with Crippen molar-refractivity contribution in [2.24, 2.45) is 0 Å². The molecule has 0 aromatic heterocycles. The molecule has 2 heteroatoms. The molecular weight excluding hydrogens is 244 g/mol. The van der Waals surface area contributed by atoms with Crippen molar-refractivity contribution in [3.8, 4) is 0 Å². The van der Waals surface area contributed by atoms with Crippen molar-refractivity contribution in [2.75, 3.05) is 0 Å². The standard InChI is InChI=1S/C6H6P.Pr/c7-6-4-2-1-3-5-6;/h1-2,4-5H,7H2;/q-1;. The molecule has 0 saturated carbocycles. The summed E-state index contributed by atoms with van der Waals surface area (Å²) in [6, 6.07) is 10.7. The SMILES string of the molecule is Pc1c[c-]ccc1.[Pr]. The molecule has 0 aliphatic rings. The molecule has 1 rings (SSSR count). The van der Waals surface area contributed by atoms with E-state index in [4.69, 9.17) is 0 Å². The summed E-state index contributed by atoms with van der Waals surface area (Å²) in [7, 11) is 2.60. The van der Waals surface area contributed by atoms with Crippen LogP contribution in [0.3, 0.4) is 0 Å². The van der Waals surface area contributed by atoms with Gasteiger partial charge in [0.15, 0.2) is 0 Å². The van der Waals surface area contributed by atoms with E-state index in [9.17, 15) is 0 Å². The van der Waals surface area contributed by atoms with Crippen molar-refractivity contribution in [1.82, 2.24) is 0 Å². The van der Waals surface area contributed by atoms with Gasteiger partial charge >= 0.3 is 0 Å². The van der Waals surface area contributed by atoms with E-state index >= 15 is 0 Å². The third kappa shape index (κ3) is 3.12. The van der Waals surface area contributed by atoms with Crippen LogP contribution in [0.1, 0.15) is 0 Å². The largest absolute Gasteiger partial charge is 0.183 e. The van der Waals surface area contributed by atoms with Crippen LogP contribution in [0.5, 0.6) is 0 Å². The predicted octanol–water partition coefficient (Wildman–Crippen LogP) is 0.987. The maximum Gasteiger partial charge on any atom is 0 e. The third-order valence-corrected chi connectivity index (χ3v) is 1.09. The topological polar surface area (TPSA) is 0 Å². The van der Waals surface area contributed by atoms with Crippen LogP contribution in [0.4, 0.5) is 0 Å². The van der Waals surface area contributed by atoms with Crippen LogP contribution in [0, 0.1) is 47.4 Å². The summed E-state index contributed by atoms with van der Waals surface area (Å²) in [5.74, 6) is 0. The first-order chi connectivity index (χ1) is 3.39. The van der Waals surface area contributed by atoms with Gasteiger partial charge in [-0.25, -0.2) is 0 Å². The fourth-order valence-corrected chi connectivity index (χ4v) is 0.615. The molecule has 1 unspecified atom stereocenters. The average molecular weight is 250 g/mol. The fourth-order valence-electron chi connectivity index (χ4n) is 0.407. The quantitative estimate of drug-likeness (QED) is 0.475. The van der Waals surface area contributed by atoms with Crippen molar-refractivity contribution in [3.63, 3.8) is 0 Å². The van der Waals surface area contributed by atoms with E-state index in [2.05, 4.69) is 15.3 Å². The van der Waals surface area contributed by atoms with E-state index in [-0.39, 0.29) is 41.3 Å². The summed E-state index contributed by atoms with van der Waals surface area (Å²) in [5, 5.41) is 1.18.